The Morgan fingerprint density at radius 3 is 2.20 bits per heavy atom. The zero-order valence-electron chi connectivity index (χ0n) is 12.9. The summed E-state index contributed by atoms with van der Waals surface area (Å²) < 4.78 is 12.9. The van der Waals surface area contributed by atoms with Crippen LogP contribution < -0.4 is 0 Å². The van der Waals surface area contributed by atoms with Crippen molar-refractivity contribution in [1.82, 2.24) is 0 Å². The second-order valence-electron chi connectivity index (χ2n) is 7.93. The van der Waals surface area contributed by atoms with Gasteiger partial charge in [0.05, 0.1) is 17.3 Å². The van der Waals surface area contributed by atoms with Crippen LogP contribution in [0.25, 0.3) is 0 Å². The lowest BCUT2D eigenvalue weighted by molar-refractivity contribution is -0.201. The minimum Gasteiger partial charge on any atom is -0.375 e. The summed E-state index contributed by atoms with van der Waals surface area (Å²) in [6, 6.07) is 0. The van der Waals surface area contributed by atoms with Crippen LogP contribution in [0.1, 0.15) is 83.5 Å². The van der Waals surface area contributed by atoms with E-state index in [-0.39, 0.29) is 5.60 Å². The third-order valence-corrected chi connectivity index (χ3v) is 6.59. The zero-order valence-corrected chi connectivity index (χ0v) is 12.9. The van der Waals surface area contributed by atoms with Crippen molar-refractivity contribution in [2.24, 2.45) is 5.92 Å². The highest BCUT2D eigenvalue weighted by atomic mass is 16.5. The molecule has 2 saturated heterocycles. The van der Waals surface area contributed by atoms with Crippen LogP contribution in [0.4, 0.5) is 0 Å². The van der Waals surface area contributed by atoms with Gasteiger partial charge < -0.3 is 9.47 Å². The predicted octanol–water partition coefficient (Wildman–Crippen LogP) is 4.61. The maximum atomic E-state index is 6.63. The van der Waals surface area contributed by atoms with Gasteiger partial charge in [0.2, 0.25) is 0 Å². The lowest BCUT2D eigenvalue weighted by atomic mass is 9.69. The molecule has 2 aliphatic heterocycles. The molecule has 2 spiro atoms. The van der Waals surface area contributed by atoms with Crippen LogP contribution >= 0.6 is 0 Å². The monoisotopic (exact) mass is 278 g/mol. The standard InChI is InChI=1S/C18H30O2/c1-2-13-19-18(8-1)10-3-6-15(14-18)16-7-4-9-17(20-16)11-5-12-17/h15-16H,1-14H2. The molecule has 4 fully saturated rings. The van der Waals surface area contributed by atoms with Crippen molar-refractivity contribution in [3.05, 3.63) is 0 Å². The Bertz CT molecular complexity index is 336. The first-order valence-corrected chi connectivity index (χ1v) is 9.11. The van der Waals surface area contributed by atoms with Gasteiger partial charge in [-0.1, -0.05) is 6.42 Å². The molecular formula is C18H30O2. The van der Waals surface area contributed by atoms with Crippen molar-refractivity contribution in [2.45, 2.75) is 101 Å². The molecule has 0 bridgehead atoms. The fourth-order valence-electron chi connectivity index (χ4n) is 5.29. The average Bonchev–Trinajstić information content (AvgIpc) is 2.47. The smallest absolute Gasteiger partial charge is 0.0686 e. The summed E-state index contributed by atoms with van der Waals surface area (Å²) in [7, 11) is 0. The van der Waals surface area contributed by atoms with E-state index < -0.39 is 0 Å². The minimum absolute atomic E-state index is 0.245. The molecule has 2 heterocycles. The maximum Gasteiger partial charge on any atom is 0.0686 e. The van der Waals surface area contributed by atoms with E-state index in [1.165, 1.54) is 83.5 Å². The van der Waals surface area contributed by atoms with Crippen molar-refractivity contribution < 1.29 is 9.47 Å². The number of hydrogen-bond acceptors (Lipinski definition) is 2. The molecular weight excluding hydrogens is 248 g/mol. The third kappa shape index (κ3) is 2.43. The van der Waals surface area contributed by atoms with Crippen molar-refractivity contribution in [1.29, 1.82) is 0 Å². The number of hydrogen-bond donors (Lipinski definition) is 0. The molecule has 0 N–H and O–H groups in total. The van der Waals surface area contributed by atoms with Gasteiger partial charge in [0.25, 0.3) is 0 Å². The molecule has 0 aromatic rings. The van der Waals surface area contributed by atoms with Crippen LogP contribution in [0.2, 0.25) is 0 Å². The lowest BCUT2D eigenvalue weighted by Gasteiger charge is -2.52. The van der Waals surface area contributed by atoms with Gasteiger partial charge in [0.15, 0.2) is 0 Å². The summed E-state index contributed by atoms with van der Waals surface area (Å²) in [5, 5.41) is 0. The van der Waals surface area contributed by atoms with Crippen LogP contribution in [0, 0.1) is 5.92 Å². The highest BCUT2D eigenvalue weighted by molar-refractivity contribution is 4.97. The lowest BCUT2D eigenvalue weighted by Crippen LogP contribution is -2.50. The van der Waals surface area contributed by atoms with Gasteiger partial charge >= 0.3 is 0 Å². The van der Waals surface area contributed by atoms with Gasteiger partial charge in [0.1, 0.15) is 0 Å². The van der Waals surface area contributed by atoms with Gasteiger partial charge in [-0.3, -0.25) is 0 Å². The van der Waals surface area contributed by atoms with E-state index >= 15 is 0 Å². The van der Waals surface area contributed by atoms with E-state index in [9.17, 15) is 0 Å². The first-order valence-electron chi connectivity index (χ1n) is 9.11. The van der Waals surface area contributed by atoms with E-state index in [4.69, 9.17) is 9.47 Å². The summed E-state index contributed by atoms with van der Waals surface area (Å²) in [5.74, 6) is 0.777. The molecule has 0 radical (unpaired) electrons. The van der Waals surface area contributed by atoms with Crippen molar-refractivity contribution in [3.8, 4) is 0 Å². The highest BCUT2D eigenvalue weighted by Gasteiger charge is 2.47. The molecule has 0 aromatic carbocycles. The molecule has 2 heteroatoms. The van der Waals surface area contributed by atoms with Crippen molar-refractivity contribution >= 4 is 0 Å². The quantitative estimate of drug-likeness (QED) is 0.697. The second kappa shape index (κ2) is 5.28. The van der Waals surface area contributed by atoms with Crippen LogP contribution in [0.5, 0.6) is 0 Å². The van der Waals surface area contributed by atoms with Crippen LogP contribution in [-0.2, 0) is 9.47 Å². The summed E-state index contributed by atoms with van der Waals surface area (Å²) >= 11 is 0. The fourth-order valence-corrected chi connectivity index (χ4v) is 5.29. The Morgan fingerprint density at radius 1 is 0.700 bits per heavy atom. The summed E-state index contributed by atoms with van der Waals surface area (Å²) in [4.78, 5) is 0. The largest absolute Gasteiger partial charge is 0.375 e. The molecule has 3 atom stereocenters. The fraction of sp³-hybridized carbons (Fsp3) is 1.00. The first-order chi connectivity index (χ1) is 9.79. The van der Waals surface area contributed by atoms with E-state index in [2.05, 4.69) is 0 Å². The van der Waals surface area contributed by atoms with Gasteiger partial charge in [-0.15, -0.1) is 0 Å². The Labute approximate surface area is 123 Å². The molecule has 20 heavy (non-hydrogen) atoms. The van der Waals surface area contributed by atoms with Crippen molar-refractivity contribution in [3.63, 3.8) is 0 Å². The molecule has 0 amide bonds. The number of rotatable bonds is 1. The Hall–Kier alpha value is -0.0800. The third-order valence-electron chi connectivity index (χ3n) is 6.59. The molecule has 2 aliphatic carbocycles. The SMILES string of the molecule is C1CCC2(CCCC(C3CCCC4(CCC4)O3)C2)OC1. The molecule has 4 rings (SSSR count). The zero-order chi connectivity index (χ0) is 13.5. The van der Waals surface area contributed by atoms with Gasteiger partial charge in [-0.05, 0) is 83.0 Å². The van der Waals surface area contributed by atoms with Gasteiger partial charge in [-0.2, -0.15) is 0 Å². The molecule has 114 valence electrons. The van der Waals surface area contributed by atoms with E-state index in [1.54, 1.807) is 0 Å². The maximum absolute atomic E-state index is 6.63. The van der Waals surface area contributed by atoms with Gasteiger partial charge in [-0.25, -0.2) is 0 Å². The van der Waals surface area contributed by atoms with Gasteiger partial charge in [0, 0.05) is 6.61 Å². The van der Waals surface area contributed by atoms with Crippen molar-refractivity contribution in [2.75, 3.05) is 6.61 Å². The number of ether oxygens (including phenoxy) is 2. The Morgan fingerprint density at radius 2 is 1.45 bits per heavy atom. The van der Waals surface area contributed by atoms with E-state index in [0.717, 1.165) is 12.5 Å². The summed E-state index contributed by atoms with van der Waals surface area (Å²) in [6.45, 7) is 1.00. The second-order valence-corrected chi connectivity index (χ2v) is 7.93. The normalized spacial score (nSPS) is 44.4. The summed E-state index contributed by atoms with van der Waals surface area (Å²) in [6.07, 6.45) is 17.9. The molecule has 0 aromatic heterocycles. The Kier molecular flexibility index (Phi) is 3.58. The molecule has 3 unspecified atom stereocenters. The van der Waals surface area contributed by atoms with Crippen LogP contribution in [-0.4, -0.2) is 23.9 Å². The van der Waals surface area contributed by atoms with Crippen LogP contribution in [0.3, 0.4) is 0 Å². The first kappa shape index (κ1) is 13.6. The Balaban J connectivity index is 1.42. The van der Waals surface area contributed by atoms with Crippen LogP contribution in [0.15, 0.2) is 0 Å². The average molecular weight is 278 g/mol. The minimum atomic E-state index is 0.245. The summed E-state index contributed by atoms with van der Waals surface area (Å²) in [5.41, 5.74) is 0.565. The van der Waals surface area contributed by atoms with E-state index in [1.807, 2.05) is 0 Å². The highest BCUT2D eigenvalue weighted by Crippen LogP contribution is 2.49. The van der Waals surface area contributed by atoms with E-state index in [0.29, 0.717) is 11.7 Å². The predicted molar refractivity (Wildman–Crippen MR) is 79.8 cm³/mol. The topological polar surface area (TPSA) is 18.5 Å². The molecule has 2 nitrogen and oxygen atoms in total. The molecule has 4 aliphatic rings. The molecule has 2 saturated carbocycles.